The first kappa shape index (κ1) is 10.9. The van der Waals surface area contributed by atoms with Crippen LogP contribution < -0.4 is 0 Å². The van der Waals surface area contributed by atoms with E-state index < -0.39 is 23.5 Å². The number of ether oxygens (including phenoxy) is 1. The van der Waals surface area contributed by atoms with Crippen LogP contribution in [0.1, 0.15) is 27.2 Å². The van der Waals surface area contributed by atoms with Crippen molar-refractivity contribution in [3.63, 3.8) is 0 Å². The van der Waals surface area contributed by atoms with Gasteiger partial charge in [0.1, 0.15) is 12.0 Å². The molecule has 0 aromatic carbocycles. The lowest BCUT2D eigenvalue weighted by Gasteiger charge is -2.10. The smallest absolute Gasteiger partial charge is 0.317 e. The molecule has 0 aromatic heterocycles. The summed E-state index contributed by atoms with van der Waals surface area (Å²) in [7, 11) is 0. The normalized spacial score (nSPS) is 31.4. The Labute approximate surface area is 82.6 Å². The van der Waals surface area contributed by atoms with Crippen LogP contribution in [0.2, 0.25) is 0 Å². The highest BCUT2D eigenvalue weighted by Crippen LogP contribution is 2.28. The van der Waals surface area contributed by atoms with Gasteiger partial charge in [0, 0.05) is 12.3 Å². The summed E-state index contributed by atoms with van der Waals surface area (Å²) in [5, 5.41) is 0. The molecule has 1 aliphatic heterocycles. The first-order valence-electron chi connectivity index (χ1n) is 4.76. The number of esters is 1. The molecule has 1 saturated heterocycles. The summed E-state index contributed by atoms with van der Waals surface area (Å²) < 4.78 is 4.89. The van der Waals surface area contributed by atoms with E-state index in [0.717, 1.165) is 0 Å². The number of hydrogen-bond donors (Lipinski definition) is 0. The van der Waals surface area contributed by atoms with Gasteiger partial charge in [0.25, 0.3) is 0 Å². The predicted octanol–water partition coefficient (Wildman–Crippen LogP) is 0.732. The fraction of sp³-hybridized carbons (Fsp3) is 0.700. The summed E-state index contributed by atoms with van der Waals surface area (Å²) in [5.41, 5.74) is 0. The van der Waals surface area contributed by atoms with Crippen molar-refractivity contribution >= 4 is 17.5 Å². The molecule has 1 heterocycles. The maximum absolute atomic E-state index is 11.5. The Hall–Kier alpha value is -1.19. The van der Waals surface area contributed by atoms with Crippen LogP contribution in [0.15, 0.2) is 0 Å². The monoisotopic (exact) mass is 198 g/mol. The fourth-order valence-corrected chi connectivity index (χ4v) is 1.54. The average Bonchev–Trinajstić information content (AvgIpc) is 2.39. The molecule has 3 unspecified atom stereocenters. The van der Waals surface area contributed by atoms with Crippen molar-refractivity contribution in [3.05, 3.63) is 0 Å². The van der Waals surface area contributed by atoms with Crippen LogP contribution in [-0.4, -0.2) is 23.6 Å². The van der Waals surface area contributed by atoms with Gasteiger partial charge in [-0.1, -0.05) is 13.8 Å². The van der Waals surface area contributed by atoms with Gasteiger partial charge < -0.3 is 4.74 Å². The minimum Gasteiger partial charge on any atom is -0.462 e. The second kappa shape index (κ2) is 3.90. The minimum atomic E-state index is -0.877. The Morgan fingerprint density at radius 1 is 1.36 bits per heavy atom. The molecule has 1 rings (SSSR count). The van der Waals surface area contributed by atoms with Crippen molar-refractivity contribution in [1.29, 1.82) is 0 Å². The van der Waals surface area contributed by atoms with Crippen molar-refractivity contribution in [2.75, 3.05) is 0 Å². The predicted molar refractivity (Wildman–Crippen MR) is 48.5 cm³/mol. The highest BCUT2D eigenvalue weighted by Gasteiger charge is 2.45. The van der Waals surface area contributed by atoms with Gasteiger partial charge in [-0.05, 0) is 6.92 Å². The highest BCUT2D eigenvalue weighted by atomic mass is 16.6. The minimum absolute atomic E-state index is 0.143. The molecule has 0 spiro atoms. The Morgan fingerprint density at radius 2 is 1.93 bits per heavy atom. The average molecular weight is 198 g/mol. The van der Waals surface area contributed by atoms with Crippen LogP contribution in [0.4, 0.5) is 0 Å². The highest BCUT2D eigenvalue weighted by molar-refractivity contribution is 6.41. The van der Waals surface area contributed by atoms with Crippen LogP contribution in [-0.2, 0) is 19.1 Å². The van der Waals surface area contributed by atoms with E-state index in [2.05, 4.69) is 0 Å². The topological polar surface area (TPSA) is 60.4 Å². The van der Waals surface area contributed by atoms with E-state index in [1.54, 1.807) is 20.8 Å². The summed E-state index contributed by atoms with van der Waals surface area (Å²) >= 11 is 0. The van der Waals surface area contributed by atoms with Crippen LogP contribution in [0.3, 0.4) is 0 Å². The third-order valence-corrected chi connectivity index (χ3v) is 2.70. The number of Topliss-reactive ketones (excluding diaryl/α,β-unsaturated/α-hetero) is 2. The van der Waals surface area contributed by atoms with Gasteiger partial charge in [-0.2, -0.15) is 0 Å². The van der Waals surface area contributed by atoms with Crippen molar-refractivity contribution in [2.24, 2.45) is 11.8 Å². The first-order valence-corrected chi connectivity index (χ1v) is 4.76. The quantitative estimate of drug-likeness (QED) is 0.381. The molecule has 0 N–H and O–H groups in total. The molecule has 0 aromatic rings. The molecule has 0 saturated carbocycles. The summed E-state index contributed by atoms with van der Waals surface area (Å²) in [6.45, 7) is 5.09. The van der Waals surface area contributed by atoms with Gasteiger partial charge in [-0.25, -0.2) is 0 Å². The van der Waals surface area contributed by atoms with E-state index >= 15 is 0 Å². The second-order valence-electron chi connectivity index (χ2n) is 3.62. The standard InChI is InChI=1S/C10H14O4/c1-4-7(11)9(12)8-5(2)6(3)14-10(8)13/h5-6,8H,4H2,1-3H3. The molecule has 78 valence electrons. The van der Waals surface area contributed by atoms with Crippen LogP contribution in [0.5, 0.6) is 0 Å². The van der Waals surface area contributed by atoms with E-state index in [0.29, 0.717) is 0 Å². The maximum Gasteiger partial charge on any atom is 0.317 e. The third-order valence-electron chi connectivity index (χ3n) is 2.70. The van der Waals surface area contributed by atoms with Crippen LogP contribution in [0.25, 0.3) is 0 Å². The summed E-state index contributed by atoms with van der Waals surface area (Å²) in [4.78, 5) is 33.9. The van der Waals surface area contributed by atoms with E-state index in [1.807, 2.05) is 0 Å². The molecule has 3 atom stereocenters. The third kappa shape index (κ3) is 1.69. The molecule has 4 nitrogen and oxygen atoms in total. The van der Waals surface area contributed by atoms with E-state index in [-0.39, 0.29) is 18.4 Å². The largest absolute Gasteiger partial charge is 0.462 e. The second-order valence-corrected chi connectivity index (χ2v) is 3.62. The zero-order chi connectivity index (χ0) is 10.9. The van der Waals surface area contributed by atoms with Gasteiger partial charge in [0.2, 0.25) is 5.78 Å². The van der Waals surface area contributed by atoms with Crippen molar-refractivity contribution in [1.82, 2.24) is 0 Å². The number of rotatable bonds is 3. The number of hydrogen-bond acceptors (Lipinski definition) is 4. The van der Waals surface area contributed by atoms with Crippen molar-refractivity contribution in [2.45, 2.75) is 33.3 Å². The summed E-state index contributed by atoms with van der Waals surface area (Å²) in [6, 6.07) is 0. The van der Waals surface area contributed by atoms with E-state index in [1.165, 1.54) is 0 Å². The zero-order valence-electron chi connectivity index (χ0n) is 8.57. The Kier molecular flexibility index (Phi) is 3.03. The lowest BCUT2D eigenvalue weighted by atomic mass is 9.87. The molecule has 0 amide bonds. The van der Waals surface area contributed by atoms with Crippen LogP contribution >= 0.6 is 0 Å². The van der Waals surface area contributed by atoms with Gasteiger partial charge in [0.05, 0.1) is 0 Å². The maximum atomic E-state index is 11.5. The van der Waals surface area contributed by atoms with Gasteiger partial charge >= 0.3 is 5.97 Å². The lowest BCUT2D eigenvalue weighted by Crippen LogP contribution is -2.30. The molecule has 1 fully saturated rings. The molecule has 0 bridgehead atoms. The van der Waals surface area contributed by atoms with Crippen molar-refractivity contribution in [3.8, 4) is 0 Å². The molecule has 4 heteroatoms. The van der Waals surface area contributed by atoms with E-state index in [9.17, 15) is 14.4 Å². The molecular formula is C10H14O4. The Bertz CT molecular complexity index is 282. The number of carbonyl (C=O) groups excluding carboxylic acids is 3. The lowest BCUT2D eigenvalue weighted by molar-refractivity contribution is -0.149. The molecular weight excluding hydrogens is 184 g/mol. The van der Waals surface area contributed by atoms with Crippen LogP contribution in [0, 0.1) is 11.8 Å². The number of cyclic esters (lactones) is 1. The molecule has 0 radical (unpaired) electrons. The number of ketones is 2. The van der Waals surface area contributed by atoms with Crippen molar-refractivity contribution < 1.29 is 19.1 Å². The zero-order valence-corrected chi connectivity index (χ0v) is 8.57. The fourth-order valence-electron chi connectivity index (χ4n) is 1.54. The van der Waals surface area contributed by atoms with Gasteiger partial charge in [0.15, 0.2) is 5.78 Å². The molecule has 1 aliphatic rings. The first-order chi connectivity index (χ1) is 6.49. The summed E-state index contributed by atoms with van der Waals surface area (Å²) in [6.07, 6.45) is -0.134. The Morgan fingerprint density at radius 3 is 2.29 bits per heavy atom. The Balaban J connectivity index is 2.82. The SMILES string of the molecule is CCC(=O)C(=O)C1C(=O)OC(C)C1C. The molecule has 0 aliphatic carbocycles. The van der Waals surface area contributed by atoms with Gasteiger partial charge in [-0.15, -0.1) is 0 Å². The van der Waals surface area contributed by atoms with Gasteiger partial charge in [-0.3, -0.25) is 14.4 Å². The van der Waals surface area contributed by atoms with E-state index in [4.69, 9.17) is 4.74 Å². The number of carbonyl (C=O) groups is 3. The molecule has 14 heavy (non-hydrogen) atoms. The summed E-state index contributed by atoms with van der Waals surface area (Å²) in [5.74, 6) is -2.73.